The van der Waals surface area contributed by atoms with Crippen LogP contribution in [0.2, 0.25) is 0 Å². The average Bonchev–Trinajstić information content (AvgIpc) is 2.42. The fourth-order valence-corrected chi connectivity index (χ4v) is 3.56. The maximum atomic E-state index is 10.4. The van der Waals surface area contributed by atoms with E-state index in [1.807, 2.05) is 36.9 Å². The molecular weight excluding hydrogens is 258 g/mol. The lowest BCUT2D eigenvalue weighted by molar-refractivity contribution is 0.0319. The minimum Gasteiger partial charge on any atom is -0.494 e. The molecule has 1 fully saturated rings. The van der Waals surface area contributed by atoms with Crippen LogP contribution >= 0.6 is 11.8 Å². The van der Waals surface area contributed by atoms with Crippen molar-refractivity contribution in [3.05, 3.63) is 29.8 Å². The average molecular weight is 281 g/mol. The van der Waals surface area contributed by atoms with Gasteiger partial charge in [-0.25, -0.2) is 0 Å². The number of thioether (sulfide) groups is 1. The highest BCUT2D eigenvalue weighted by Gasteiger charge is 2.28. The van der Waals surface area contributed by atoms with Crippen molar-refractivity contribution in [3.63, 3.8) is 0 Å². The van der Waals surface area contributed by atoms with Crippen LogP contribution in [0.15, 0.2) is 24.3 Å². The summed E-state index contributed by atoms with van der Waals surface area (Å²) in [6, 6.07) is 8.07. The highest BCUT2D eigenvalue weighted by molar-refractivity contribution is 7.99. The lowest BCUT2D eigenvalue weighted by atomic mass is 9.97. The summed E-state index contributed by atoms with van der Waals surface area (Å²) in [5.41, 5.74) is 0.629. The Labute approximate surface area is 119 Å². The lowest BCUT2D eigenvalue weighted by Crippen LogP contribution is -2.43. The van der Waals surface area contributed by atoms with Crippen LogP contribution in [0.5, 0.6) is 5.75 Å². The molecule has 1 aliphatic heterocycles. The molecule has 1 aliphatic rings. The van der Waals surface area contributed by atoms with Gasteiger partial charge in [0.05, 0.1) is 12.2 Å². The molecule has 4 heteroatoms. The first-order chi connectivity index (χ1) is 9.23. The van der Waals surface area contributed by atoms with Crippen molar-refractivity contribution in [2.45, 2.75) is 31.9 Å². The summed E-state index contributed by atoms with van der Waals surface area (Å²) in [6.45, 7) is 4.07. The first-order valence-electron chi connectivity index (χ1n) is 6.95. The van der Waals surface area contributed by atoms with Gasteiger partial charge in [0.2, 0.25) is 0 Å². The SMILES string of the molecule is CCOc1ccccc1CNCC1(O)CCSCC1. The maximum Gasteiger partial charge on any atom is 0.123 e. The van der Waals surface area contributed by atoms with E-state index < -0.39 is 5.60 Å². The molecule has 1 aromatic carbocycles. The van der Waals surface area contributed by atoms with Crippen molar-refractivity contribution in [2.24, 2.45) is 0 Å². The summed E-state index contributed by atoms with van der Waals surface area (Å²) in [5, 5.41) is 13.8. The Morgan fingerprint density at radius 1 is 1.32 bits per heavy atom. The van der Waals surface area contributed by atoms with E-state index in [1.54, 1.807) is 0 Å². The molecule has 1 aromatic rings. The second-order valence-corrected chi connectivity index (χ2v) is 6.21. The van der Waals surface area contributed by atoms with Crippen molar-refractivity contribution in [3.8, 4) is 5.75 Å². The fraction of sp³-hybridized carbons (Fsp3) is 0.600. The van der Waals surface area contributed by atoms with Crippen molar-refractivity contribution >= 4 is 11.8 Å². The van der Waals surface area contributed by atoms with Gasteiger partial charge in [0.15, 0.2) is 0 Å². The first kappa shape index (κ1) is 14.7. The van der Waals surface area contributed by atoms with Crippen LogP contribution in [0.4, 0.5) is 0 Å². The smallest absolute Gasteiger partial charge is 0.123 e. The van der Waals surface area contributed by atoms with Gasteiger partial charge >= 0.3 is 0 Å². The maximum absolute atomic E-state index is 10.4. The Morgan fingerprint density at radius 3 is 2.79 bits per heavy atom. The highest BCUT2D eigenvalue weighted by atomic mass is 32.2. The number of hydrogen-bond donors (Lipinski definition) is 2. The van der Waals surface area contributed by atoms with Crippen molar-refractivity contribution < 1.29 is 9.84 Å². The molecule has 0 unspecified atom stereocenters. The monoisotopic (exact) mass is 281 g/mol. The summed E-state index contributed by atoms with van der Waals surface area (Å²) in [7, 11) is 0. The lowest BCUT2D eigenvalue weighted by Gasteiger charge is -2.32. The van der Waals surface area contributed by atoms with E-state index in [9.17, 15) is 5.11 Å². The number of para-hydroxylation sites is 1. The molecule has 106 valence electrons. The van der Waals surface area contributed by atoms with Gasteiger partial charge in [-0.15, -0.1) is 0 Å². The third kappa shape index (κ3) is 4.41. The molecule has 2 rings (SSSR count). The molecule has 19 heavy (non-hydrogen) atoms. The zero-order valence-corrected chi connectivity index (χ0v) is 12.3. The Morgan fingerprint density at radius 2 is 2.05 bits per heavy atom. The van der Waals surface area contributed by atoms with Gasteiger partial charge in [-0.2, -0.15) is 11.8 Å². The molecule has 3 nitrogen and oxygen atoms in total. The Bertz CT molecular complexity index is 391. The van der Waals surface area contributed by atoms with Crippen molar-refractivity contribution in [1.82, 2.24) is 5.32 Å². The standard InChI is InChI=1S/C15H23NO2S/c1-2-18-14-6-4-3-5-13(14)11-16-12-15(17)7-9-19-10-8-15/h3-6,16-17H,2,7-12H2,1H3. The predicted molar refractivity (Wildman–Crippen MR) is 80.8 cm³/mol. The number of ether oxygens (including phenoxy) is 1. The van der Waals surface area contributed by atoms with Crippen molar-refractivity contribution in [1.29, 1.82) is 0 Å². The van der Waals surface area contributed by atoms with Gasteiger partial charge in [0.25, 0.3) is 0 Å². The number of hydrogen-bond acceptors (Lipinski definition) is 4. The summed E-state index contributed by atoms with van der Waals surface area (Å²) < 4.78 is 5.60. The van der Waals surface area contributed by atoms with Gasteiger partial charge in [0, 0.05) is 18.7 Å². The number of aliphatic hydroxyl groups is 1. The molecule has 1 heterocycles. The third-order valence-corrected chi connectivity index (χ3v) is 4.45. The van der Waals surface area contributed by atoms with Crippen LogP contribution < -0.4 is 10.1 Å². The molecule has 0 radical (unpaired) electrons. The van der Waals surface area contributed by atoms with E-state index >= 15 is 0 Å². The molecule has 2 N–H and O–H groups in total. The van der Waals surface area contributed by atoms with Crippen LogP contribution in [-0.2, 0) is 6.54 Å². The van der Waals surface area contributed by atoms with Gasteiger partial charge in [-0.3, -0.25) is 0 Å². The molecule has 0 atom stereocenters. The van der Waals surface area contributed by atoms with E-state index in [0.717, 1.165) is 42.2 Å². The molecule has 0 bridgehead atoms. The van der Waals surface area contributed by atoms with E-state index in [-0.39, 0.29) is 0 Å². The number of rotatable bonds is 6. The van der Waals surface area contributed by atoms with Crippen LogP contribution in [0, 0.1) is 0 Å². The first-order valence-corrected chi connectivity index (χ1v) is 8.10. The van der Waals surface area contributed by atoms with Crippen LogP contribution in [0.3, 0.4) is 0 Å². The van der Waals surface area contributed by atoms with E-state index in [4.69, 9.17) is 4.74 Å². The number of benzene rings is 1. The molecule has 0 spiro atoms. The summed E-state index contributed by atoms with van der Waals surface area (Å²) >= 11 is 1.93. The molecule has 0 saturated carbocycles. The summed E-state index contributed by atoms with van der Waals surface area (Å²) in [4.78, 5) is 0. The second-order valence-electron chi connectivity index (χ2n) is 4.98. The molecular formula is C15H23NO2S. The molecule has 0 aromatic heterocycles. The van der Waals surface area contributed by atoms with Gasteiger partial charge in [-0.05, 0) is 37.3 Å². The summed E-state index contributed by atoms with van der Waals surface area (Å²) in [5.74, 6) is 3.06. The predicted octanol–water partition coefficient (Wildman–Crippen LogP) is 2.43. The van der Waals surface area contributed by atoms with Gasteiger partial charge in [-0.1, -0.05) is 18.2 Å². The highest BCUT2D eigenvalue weighted by Crippen LogP contribution is 2.26. The van der Waals surface area contributed by atoms with E-state index in [0.29, 0.717) is 13.2 Å². The van der Waals surface area contributed by atoms with Crippen LogP contribution in [0.25, 0.3) is 0 Å². The minimum atomic E-state index is -0.522. The zero-order chi connectivity index (χ0) is 13.6. The van der Waals surface area contributed by atoms with Crippen molar-refractivity contribution in [2.75, 3.05) is 24.7 Å². The normalized spacial score (nSPS) is 18.2. The van der Waals surface area contributed by atoms with Crippen LogP contribution in [-0.4, -0.2) is 35.4 Å². The topological polar surface area (TPSA) is 41.5 Å². The van der Waals surface area contributed by atoms with Crippen LogP contribution in [0.1, 0.15) is 25.3 Å². The Hall–Kier alpha value is -0.710. The van der Waals surface area contributed by atoms with Gasteiger partial charge in [0.1, 0.15) is 5.75 Å². The molecule has 0 aliphatic carbocycles. The Balaban J connectivity index is 1.85. The summed E-state index contributed by atoms with van der Waals surface area (Å²) in [6.07, 6.45) is 1.77. The van der Waals surface area contributed by atoms with E-state index in [2.05, 4.69) is 11.4 Å². The molecule has 0 amide bonds. The number of nitrogens with one attached hydrogen (secondary N) is 1. The zero-order valence-electron chi connectivity index (χ0n) is 11.5. The fourth-order valence-electron chi connectivity index (χ4n) is 2.30. The largest absolute Gasteiger partial charge is 0.494 e. The molecule has 1 saturated heterocycles. The minimum absolute atomic E-state index is 0.522. The Kier molecular flexibility index (Phi) is 5.55. The third-order valence-electron chi connectivity index (χ3n) is 3.47. The van der Waals surface area contributed by atoms with Gasteiger partial charge < -0.3 is 15.2 Å². The quantitative estimate of drug-likeness (QED) is 0.840. The second kappa shape index (κ2) is 7.17. The van der Waals surface area contributed by atoms with E-state index in [1.165, 1.54) is 0 Å².